The summed E-state index contributed by atoms with van der Waals surface area (Å²) < 4.78 is 36.4. The van der Waals surface area contributed by atoms with E-state index >= 15 is 0 Å². The number of unbranched alkanes of at least 4 members (excludes halogenated alkanes) is 4. The maximum atomic E-state index is 14.9. The van der Waals surface area contributed by atoms with E-state index in [0.29, 0.717) is 20.9 Å². The van der Waals surface area contributed by atoms with Crippen LogP contribution in [0.3, 0.4) is 0 Å². The minimum absolute atomic E-state index is 0.232. The van der Waals surface area contributed by atoms with Crippen molar-refractivity contribution in [1.29, 1.82) is 0 Å². The summed E-state index contributed by atoms with van der Waals surface area (Å²) in [6, 6.07) is 7.24. The fraction of sp³-hybridized carbons (Fsp3) is 0.455. The topological polar surface area (TPSA) is 9.23 Å². The molecule has 0 bridgehead atoms. The summed E-state index contributed by atoms with van der Waals surface area (Å²) >= 11 is 2.70. The van der Waals surface area contributed by atoms with Crippen molar-refractivity contribution in [1.82, 2.24) is 0 Å². The van der Waals surface area contributed by atoms with Gasteiger partial charge < -0.3 is 4.74 Å². The zero-order chi connectivity index (χ0) is 19.2. The number of hydrogen-bond donors (Lipinski definition) is 0. The van der Waals surface area contributed by atoms with Crippen molar-refractivity contribution >= 4 is 43.3 Å². The quantitative estimate of drug-likeness (QED) is 0.247. The van der Waals surface area contributed by atoms with E-state index in [-0.39, 0.29) is 17.4 Å². The van der Waals surface area contributed by atoms with Gasteiger partial charge in [-0.05, 0) is 36.8 Å². The molecule has 1 heterocycles. The highest BCUT2D eigenvalue weighted by Gasteiger charge is 2.17. The molecule has 0 aliphatic rings. The van der Waals surface area contributed by atoms with E-state index in [0.717, 1.165) is 35.8 Å². The van der Waals surface area contributed by atoms with Crippen LogP contribution in [0.4, 0.5) is 8.78 Å². The predicted octanol–water partition coefficient (Wildman–Crippen LogP) is 8.18. The molecule has 0 radical (unpaired) electrons. The minimum Gasteiger partial charge on any atom is -0.490 e. The lowest BCUT2D eigenvalue weighted by molar-refractivity contribution is 0.291. The van der Waals surface area contributed by atoms with E-state index in [2.05, 4.69) is 13.8 Å². The average Bonchev–Trinajstić information content (AvgIpc) is 3.06. The Balaban J connectivity index is 1.82. The van der Waals surface area contributed by atoms with Gasteiger partial charge in [0, 0.05) is 15.7 Å². The van der Waals surface area contributed by atoms with Crippen molar-refractivity contribution in [2.24, 2.45) is 0 Å². The third-order valence-corrected chi connectivity index (χ3v) is 7.03. The van der Waals surface area contributed by atoms with Crippen molar-refractivity contribution in [3.8, 4) is 5.75 Å². The lowest BCUT2D eigenvalue weighted by Gasteiger charge is -2.07. The molecule has 0 aliphatic heterocycles. The zero-order valence-electron chi connectivity index (χ0n) is 15.9. The van der Waals surface area contributed by atoms with Crippen LogP contribution in [0.25, 0.3) is 20.2 Å². The van der Waals surface area contributed by atoms with Gasteiger partial charge >= 0.3 is 0 Å². The molecular formula is C22H26F2OS2. The molecule has 146 valence electrons. The van der Waals surface area contributed by atoms with Gasteiger partial charge in [0.2, 0.25) is 0 Å². The number of thiophene rings is 1. The third kappa shape index (κ3) is 4.57. The van der Waals surface area contributed by atoms with Crippen LogP contribution in [0, 0.1) is 11.6 Å². The summed E-state index contributed by atoms with van der Waals surface area (Å²) in [7, 11) is 0. The monoisotopic (exact) mass is 408 g/mol. The molecule has 1 aromatic heterocycles. The molecule has 0 spiro atoms. The summed E-state index contributed by atoms with van der Waals surface area (Å²) in [5, 5.41) is 1.53. The van der Waals surface area contributed by atoms with Crippen LogP contribution < -0.4 is 4.74 Å². The molecule has 1 nitrogen and oxygen atoms in total. The summed E-state index contributed by atoms with van der Waals surface area (Å²) in [5.74, 6) is 0.540. The Morgan fingerprint density at radius 2 is 1.56 bits per heavy atom. The van der Waals surface area contributed by atoms with E-state index in [9.17, 15) is 8.78 Å². The smallest absolute Gasteiger partial charge is 0.182 e. The highest BCUT2D eigenvalue weighted by molar-refractivity contribution is 7.99. The Kier molecular flexibility index (Phi) is 7.36. The maximum Gasteiger partial charge on any atom is 0.182 e. The molecule has 2 aromatic carbocycles. The van der Waals surface area contributed by atoms with E-state index in [1.54, 1.807) is 6.07 Å². The summed E-state index contributed by atoms with van der Waals surface area (Å²) in [6.45, 7) is 4.77. The molecular weight excluding hydrogens is 382 g/mol. The molecule has 0 amide bonds. The van der Waals surface area contributed by atoms with E-state index in [1.807, 2.05) is 18.2 Å². The highest BCUT2D eigenvalue weighted by atomic mass is 32.2. The molecule has 27 heavy (non-hydrogen) atoms. The summed E-state index contributed by atoms with van der Waals surface area (Å²) in [6.07, 6.45) is 6.64. The second-order valence-corrected chi connectivity index (χ2v) is 8.88. The molecule has 0 atom stereocenters. The van der Waals surface area contributed by atoms with Gasteiger partial charge in [0.1, 0.15) is 0 Å². The Morgan fingerprint density at radius 1 is 0.852 bits per heavy atom. The minimum atomic E-state index is -0.371. The van der Waals surface area contributed by atoms with Crippen LogP contribution >= 0.6 is 23.1 Å². The van der Waals surface area contributed by atoms with Gasteiger partial charge in [-0.3, -0.25) is 0 Å². The molecule has 0 unspecified atom stereocenters. The van der Waals surface area contributed by atoms with Crippen LogP contribution in [0.1, 0.15) is 52.4 Å². The molecule has 3 aromatic rings. The molecule has 0 saturated carbocycles. The average molecular weight is 409 g/mol. The molecule has 0 N–H and O–H groups in total. The largest absolute Gasteiger partial charge is 0.490 e. The zero-order valence-corrected chi connectivity index (χ0v) is 17.6. The fourth-order valence-corrected chi connectivity index (χ4v) is 5.18. The Morgan fingerprint density at radius 3 is 2.30 bits per heavy atom. The van der Waals surface area contributed by atoms with Crippen molar-refractivity contribution < 1.29 is 13.5 Å². The number of ether oxygens (including phenoxy) is 1. The van der Waals surface area contributed by atoms with E-state index in [4.69, 9.17) is 4.74 Å². The van der Waals surface area contributed by atoms with Crippen molar-refractivity contribution in [3.63, 3.8) is 0 Å². The Bertz CT molecular complexity index is 904. The summed E-state index contributed by atoms with van der Waals surface area (Å²) in [5.41, 5.74) is 0. The Labute approximate surface area is 168 Å². The highest BCUT2D eigenvalue weighted by Crippen LogP contribution is 2.41. The maximum absolute atomic E-state index is 14.9. The van der Waals surface area contributed by atoms with Gasteiger partial charge in [0.25, 0.3) is 0 Å². The standard InChI is InChI=1S/C22H26F2OS2/c1-3-5-6-7-8-13-25-17-11-9-15-16-10-12-18(26-14-4-2)20(24)22(16)27-21(15)19(17)23/h9-12H,3-8,13-14H2,1-2H3. The molecule has 3 rings (SSSR count). The molecule has 0 saturated heterocycles. The summed E-state index contributed by atoms with van der Waals surface area (Å²) in [4.78, 5) is 0.639. The van der Waals surface area contributed by atoms with E-state index in [1.165, 1.54) is 42.4 Å². The second-order valence-electron chi connectivity index (χ2n) is 6.72. The van der Waals surface area contributed by atoms with Gasteiger partial charge in [-0.2, -0.15) is 0 Å². The fourth-order valence-electron chi connectivity index (χ4n) is 3.12. The predicted molar refractivity (Wildman–Crippen MR) is 115 cm³/mol. The van der Waals surface area contributed by atoms with Gasteiger partial charge in [-0.1, -0.05) is 45.6 Å². The first kappa shape index (κ1) is 20.4. The normalized spacial score (nSPS) is 11.6. The van der Waals surface area contributed by atoms with Gasteiger partial charge in [-0.25, -0.2) is 8.78 Å². The van der Waals surface area contributed by atoms with Gasteiger partial charge in [-0.15, -0.1) is 23.1 Å². The lowest BCUT2D eigenvalue weighted by Crippen LogP contribution is -1.99. The number of halogens is 2. The van der Waals surface area contributed by atoms with Crippen LogP contribution in [0.2, 0.25) is 0 Å². The van der Waals surface area contributed by atoms with Crippen molar-refractivity contribution in [3.05, 3.63) is 35.9 Å². The lowest BCUT2D eigenvalue weighted by atomic mass is 10.1. The number of fused-ring (bicyclic) bond motifs is 3. The number of rotatable bonds is 10. The molecule has 5 heteroatoms. The number of hydrogen-bond acceptors (Lipinski definition) is 3. The Hall–Kier alpha value is -1.33. The van der Waals surface area contributed by atoms with Crippen molar-refractivity contribution in [2.75, 3.05) is 12.4 Å². The first-order valence-corrected chi connectivity index (χ1v) is 11.6. The molecule has 0 aliphatic carbocycles. The molecule has 0 fully saturated rings. The number of thioether (sulfide) groups is 1. The third-order valence-electron chi connectivity index (χ3n) is 4.58. The van der Waals surface area contributed by atoms with Crippen molar-refractivity contribution in [2.45, 2.75) is 57.3 Å². The van der Waals surface area contributed by atoms with Crippen LogP contribution in [0.15, 0.2) is 29.2 Å². The number of benzene rings is 2. The van der Waals surface area contributed by atoms with Crippen LogP contribution in [-0.4, -0.2) is 12.4 Å². The van der Waals surface area contributed by atoms with Crippen LogP contribution in [0.5, 0.6) is 5.75 Å². The second kappa shape index (κ2) is 9.74. The van der Waals surface area contributed by atoms with Crippen LogP contribution in [-0.2, 0) is 0 Å². The first-order valence-electron chi connectivity index (χ1n) is 9.76. The van der Waals surface area contributed by atoms with Gasteiger partial charge in [0.05, 0.1) is 16.0 Å². The first-order chi connectivity index (χ1) is 13.2. The van der Waals surface area contributed by atoms with E-state index < -0.39 is 0 Å². The van der Waals surface area contributed by atoms with Gasteiger partial charge in [0.15, 0.2) is 17.4 Å². The SMILES string of the molecule is CCCCCCCOc1ccc2c(sc3c(F)c(SCCC)ccc32)c1F.